The lowest BCUT2D eigenvalue weighted by Gasteiger charge is -2.15. The Bertz CT molecular complexity index is 1650. The average Bonchev–Trinajstić information content (AvgIpc) is 3.29. The van der Waals surface area contributed by atoms with E-state index in [4.69, 9.17) is 0 Å². The topological polar surface area (TPSA) is 81.3 Å². The van der Waals surface area contributed by atoms with Crippen molar-refractivity contribution < 1.29 is 4.79 Å². The molecule has 0 saturated carbocycles. The van der Waals surface area contributed by atoms with Gasteiger partial charge in [-0.1, -0.05) is 65.9 Å². The van der Waals surface area contributed by atoms with Crippen LogP contribution >= 0.6 is 11.8 Å². The molecule has 5 aromatic rings. The van der Waals surface area contributed by atoms with Gasteiger partial charge in [0.25, 0.3) is 5.56 Å². The largest absolute Gasteiger partial charge is 0.351 e. The van der Waals surface area contributed by atoms with Crippen LogP contribution in [0.15, 0.2) is 76.7 Å². The molecule has 0 radical (unpaired) electrons. The number of rotatable bonds is 6. The average molecular weight is 498 g/mol. The van der Waals surface area contributed by atoms with Gasteiger partial charge in [0.15, 0.2) is 5.16 Å². The fourth-order valence-corrected chi connectivity index (χ4v) is 5.08. The number of nitrogens with one attached hydrogen (secondary N) is 1. The first-order chi connectivity index (χ1) is 17.3. The van der Waals surface area contributed by atoms with Crippen LogP contribution in [0.3, 0.4) is 0 Å². The van der Waals surface area contributed by atoms with Gasteiger partial charge in [0.1, 0.15) is 0 Å². The highest BCUT2D eigenvalue weighted by atomic mass is 32.2. The number of amides is 1. The zero-order valence-corrected chi connectivity index (χ0v) is 21.5. The first-order valence-corrected chi connectivity index (χ1v) is 12.7. The van der Waals surface area contributed by atoms with E-state index in [2.05, 4.69) is 15.5 Å². The second kappa shape index (κ2) is 9.62. The van der Waals surface area contributed by atoms with Crippen LogP contribution in [0.5, 0.6) is 0 Å². The standard InChI is InChI=1S/C28H27N5O2S/c1-17-12-14-21(15-13-17)16-29-25(34)20(4)36-28-31-30-27-32(23-11-7-8-18(2)19(23)3)26(35)22-9-5-6-10-24(22)33(27)28/h5-15,20H,16H2,1-4H3,(H,29,34). The van der Waals surface area contributed by atoms with E-state index in [9.17, 15) is 9.59 Å². The molecule has 1 N–H and O–H groups in total. The number of carbonyl (C=O) groups excluding carboxylic acids is 1. The predicted octanol–water partition coefficient (Wildman–Crippen LogP) is 4.76. The molecule has 2 heterocycles. The monoisotopic (exact) mass is 497 g/mol. The summed E-state index contributed by atoms with van der Waals surface area (Å²) < 4.78 is 3.48. The molecule has 182 valence electrons. The van der Waals surface area contributed by atoms with E-state index in [1.807, 2.05) is 98.8 Å². The summed E-state index contributed by atoms with van der Waals surface area (Å²) in [4.78, 5) is 26.5. The quantitative estimate of drug-likeness (QED) is 0.342. The zero-order valence-electron chi connectivity index (χ0n) is 20.6. The summed E-state index contributed by atoms with van der Waals surface area (Å²) >= 11 is 1.32. The second-order valence-electron chi connectivity index (χ2n) is 8.96. The van der Waals surface area contributed by atoms with Crippen molar-refractivity contribution in [2.45, 2.75) is 44.6 Å². The number of hydrogen-bond acceptors (Lipinski definition) is 5. The second-order valence-corrected chi connectivity index (χ2v) is 10.3. The van der Waals surface area contributed by atoms with E-state index in [1.54, 1.807) is 4.57 Å². The number of fused-ring (bicyclic) bond motifs is 3. The molecule has 0 fully saturated rings. The molecule has 36 heavy (non-hydrogen) atoms. The highest BCUT2D eigenvalue weighted by Gasteiger charge is 2.22. The normalized spacial score (nSPS) is 12.2. The van der Waals surface area contributed by atoms with Crippen molar-refractivity contribution >= 4 is 34.3 Å². The van der Waals surface area contributed by atoms with Gasteiger partial charge in [0, 0.05) is 6.54 Å². The number of hydrogen-bond donors (Lipinski definition) is 1. The van der Waals surface area contributed by atoms with Crippen molar-refractivity contribution in [2.75, 3.05) is 0 Å². The smallest absolute Gasteiger partial charge is 0.267 e. The lowest BCUT2D eigenvalue weighted by atomic mass is 10.1. The minimum Gasteiger partial charge on any atom is -0.351 e. The molecular weight excluding hydrogens is 470 g/mol. The van der Waals surface area contributed by atoms with Gasteiger partial charge in [-0.3, -0.25) is 14.0 Å². The first-order valence-electron chi connectivity index (χ1n) is 11.8. The maximum atomic E-state index is 13.6. The number of para-hydroxylation sites is 1. The van der Waals surface area contributed by atoms with Crippen LogP contribution in [0.25, 0.3) is 22.4 Å². The Kier molecular flexibility index (Phi) is 6.36. The molecule has 1 amide bonds. The van der Waals surface area contributed by atoms with E-state index in [1.165, 1.54) is 17.3 Å². The number of thioether (sulfide) groups is 1. The lowest BCUT2D eigenvalue weighted by molar-refractivity contribution is -0.120. The molecule has 0 spiro atoms. The summed E-state index contributed by atoms with van der Waals surface area (Å²) in [5, 5.41) is 12.5. The van der Waals surface area contributed by atoms with Gasteiger partial charge in [-0.2, -0.15) is 0 Å². The highest BCUT2D eigenvalue weighted by Crippen LogP contribution is 2.27. The number of benzene rings is 3. The van der Waals surface area contributed by atoms with Crippen molar-refractivity contribution in [1.82, 2.24) is 24.5 Å². The Morgan fingerprint density at radius 2 is 1.72 bits per heavy atom. The molecule has 7 nitrogen and oxygen atoms in total. The van der Waals surface area contributed by atoms with Crippen LogP contribution in [0.1, 0.15) is 29.2 Å². The maximum Gasteiger partial charge on any atom is 0.267 e. The summed E-state index contributed by atoms with van der Waals surface area (Å²) in [5.41, 5.74) is 5.63. The summed E-state index contributed by atoms with van der Waals surface area (Å²) in [6.07, 6.45) is 0. The third kappa shape index (κ3) is 4.28. The third-order valence-electron chi connectivity index (χ3n) is 6.45. The number of nitrogens with zero attached hydrogens (tertiary/aromatic N) is 4. The molecule has 0 aliphatic rings. The summed E-state index contributed by atoms with van der Waals surface area (Å²) in [7, 11) is 0. The molecule has 1 atom stereocenters. The Morgan fingerprint density at radius 3 is 2.50 bits per heavy atom. The van der Waals surface area contributed by atoms with Crippen molar-refractivity contribution in [3.05, 3.63) is 99.3 Å². The number of aromatic nitrogens is 4. The van der Waals surface area contributed by atoms with Crippen LogP contribution in [-0.2, 0) is 11.3 Å². The number of carbonyl (C=O) groups is 1. The van der Waals surface area contributed by atoms with Gasteiger partial charge in [-0.25, -0.2) is 4.57 Å². The Balaban J connectivity index is 1.53. The summed E-state index contributed by atoms with van der Waals surface area (Å²) in [6, 6.07) is 21.4. The molecular formula is C28H27N5O2S. The van der Waals surface area contributed by atoms with Crippen LogP contribution in [0.4, 0.5) is 0 Å². The van der Waals surface area contributed by atoms with E-state index in [0.29, 0.717) is 28.4 Å². The van der Waals surface area contributed by atoms with Crippen LogP contribution in [0.2, 0.25) is 0 Å². The maximum absolute atomic E-state index is 13.6. The molecule has 5 rings (SSSR count). The minimum absolute atomic E-state index is 0.0931. The molecule has 0 bridgehead atoms. The van der Waals surface area contributed by atoms with Gasteiger partial charge in [0.2, 0.25) is 11.7 Å². The first kappa shape index (κ1) is 23.8. The van der Waals surface area contributed by atoms with Crippen molar-refractivity contribution in [1.29, 1.82) is 0 Å². The molecule has 0 saturated heterocycles. The van der Waals surface area contributed by atoms with Gasteiger partial charge >= 0.3 is 0 Å². The van der Waals surface area contributed by atoms with E-state index in [0.717, 1.165) is 22.4 Å². The molecule has 2 aromatic heterocycles. The molecule has 8 heteroatoms. The van der Waals surface area contributed by atoms with E-state index >= 15 is 0 Å². The van der Waals surface area contributed by atoms with E-state index in [-0.39, 0.29) is 11.5 Å². The fourth-order valence-electron chi connectivity index (χ4n) is 4.20. The zero-order chi connectivity index (χ0) is 25.4. The number of aryl methyl sites for hydroxylation is 2. The predicted molar refractivity (Wildman–Crippen MR) is 144 cm³/mol. The van der Waals surface area contributed by atoms with Crippen LogP contribution < -0.4 is 10.9 Å². The molecule has 1 unspecified atom stereocenters. The lowest BCUT2D eigenvalue weighted by Crippen LogP contribution is -2.30. The fraction of sp³-hybridized carbons (Fsp3) is 0.214. The van der Waals surface area contributed by atoms with Gasteiger partial charge in [-0.05, 0) is 62.6 Å². The van der Waals surface area contributed by atoms with E-state index < -0.39 is 5.25 Å². The summed E-state index contributed by atoms with van der Waals surface area (Å²) in [6.45, 7) is 8.35. The van der Waals surface area contributed by atoms with Crippen LogP contribution in [0, 0.1) is 20.8 Å². The Hall–Kier alpha value is -3.91. The Morgan fingerprint density at radius 1 is 0.972 bits per heavy atom. The van der Waals surface area contributed by atoms with Crippen molar-refractivity contribution in [2.24, 2.45) is 0 Å². The highest BCUT2D eigenvalue weighted by molar-refractivity contribution is 8.00. The van der Waals surface area contributed by atoms with Crippen molar-refractivity contribution in [3.63, 3.8) is 0 Å². The third-order valence-corrected chi connectivity index (χ3v) is 7.49. The molecule has 3 aromatic carbocycles. The summed E-state index contributed by atoms with van der Waals surface area (Å²) in [5.74, 6) is 0.326. The molecule has 0 aliphatic heterocycles. The van der Waals surface area contributed by atoms with Gasteiger partial charge in [0.05, 0.1) is 21.8 Å². The SMILES string of the molecule is Cc1ccc(CNC(=O)C(C)Sc2nnc3n(-c4cccc(C)c4C)c(=O)c4ccccc4n23)cc1. The van der Waals surface area contributed by atoms with Gasteiger partial charge in [-0.15, -0.1) is 10.2 Å². The van der Waals surface area contributed by atoms with Crippen LogP contribution in [-0.4, -0.2) is 30.3 Å². The van der Waals surface area contributed by atoms with Crippen molar-refractivity contribution in [3.8, 4) is 5.69 Å². The van der Waals surface area contributed by atoms with Gasteiger partial charge < -0.3 is 5.32 Å². The minimum atomic E-state index is -0.414. The Labute approximate surface area is 213 Å². The molecule has 0 aliphatic carbocycles.